The van der Waals surface area contributed by atoms with Gasteiger partial charge >= 0.3 is 0 Å². The van der Waals surface area contributed by atoms with E-state index in [9.17, 15) is 0 Å². The molecular weight excluding hydrogens is 342 g/mol. The second-order valence-corrected chi connectivity index (χ2v) is 8.01. The van der Waals surface area contributed by atoms with Crippen LogP contribution < -0.4 is 9.47 Å². The van der Waals surface area contributed by atoms with Crippen molar-refractivity contribution in [1.29, 1.82) is 0 Å². The molecule has 148 valence electrons. The van der Waals surface area contributed by atoms with Gasteiger partial charge in [-0.15, -0.1) is 0 Å². The lowest BCUT2D eigenvalue weighted by Gasteiger charge is -2.25. The first-order chi connectivity index (χ1) is 13.0. The third kappa shape index (κ3) is 5.45. The molecule has 0 amide bonds. The molecule has 2 heterocycles. The third-order valence-corrected chi connectivity index (χ3v) is 4.58. The fourth-order valence-corrected chi connectivity index (χ4v) is 3.30. The maximum Gasteiger partial charge on any atom is 0.188 e. The molecule has 6 nitrogen and oxygen atoms in total. The Morgan fingerprint density at radius 3 is 2.44 bits per heavy atom. The van der Waals surface area contributed by atoms with E-state index in [4.69, 9.17) is 24.3 Å². The molecule has 0 radical (unpaired) electrons. The summed E-state index contributed by atoms with van der Waals surface area (Å²) in [7, 11) is 0. The SMILES string of the molecule is CCOc1ccc(OCc2nc(C[C@@H]3CCCOC3)n(C(C)(C)C)n2)cc1. The molecule has 27 heavy (non-hydrogen) atoms. The number of aromatic nitrogens is 3. The van der Waals surface area contributed by atoms with E-state index >= 15 is 0 Å². The van der Waals surface area contributed by atoms with Crippen LogP contribution in [-0.2, 0) is 23.3 Å². The molecule has 0 unspecified atom stereocenters. The minimum Gasteiger partial charge on any atom is -0.494 e. The summed E-state index contributed by atoms with van der Waals surface area (Å²) in [4.78, 5) is 4.78. The number of nitrogens with zero attached hydrogens (tertiary/aromatic N) is 3. The normalized spacial score (nSPS) is 17.7. The monoisotopic (exact) mass is 373 g/mol. The molecule has 0 bridgehead atoms. The summed E-state index contributed by atoms with van der Waals surface area (Å²) < 4.78 is 19.0. The lowest BCUT2D eigenvalue weighted by atomic mass is 9.98. The van der Waals surface area contributed by atoms with Gasteiger partial charge in [0.25, 0.3) is 0 Å². The molecule has 1 aromatic heterocycles. The van der Waals surface area contributed by atoms with E-state index in [2.05, 4.69) is 20.8 Å². The van der Waals surface area contributed by atoms with Gasteiger partial charge < -0.3 is 14.2 Å². The molecule has 0 saturated carbocycles. The first kappa shape index (κ1) is 19.7. The van der Waals surface area contributed by atoms with Crippen molar-refractivity contribution in [3.05, 3.63) is 35.9 Å². The molecule has 1 aliphatic rings. The zero-order valence-corrected chi connectivity index (χ0v) is 16.9. The minimum absolute atomic E-state index is 0.116. The molecule has 1 saturated heterocycles. The van der Waals surface area contributed by atoms with Crippen LogP contribution in [0.3, 0.4) is 0 Å². The maximum absolute atomic E-state index is 5.88. The Hall–Kier alpha value is -2.08. The van der Waals surface area contributed by atoms with Crippen LogP contribution in [0.5, 0.6) is 11.5 Å². The van der Waals surface area contributed by atoms with Gasteiger partial charge in [-0.3, -0.25) is 0 Å². The molecule has 1 fully saturated rings. The van der Waals surface area contributed by atoms with Crippen LogP contribution in [-0.4, -0.2) is 34.6 Å². The average molecular weight is 373 g/mol. The molecule has 1 aromatic carbocycles. The van der Waals surface area contributed by atoms with Gasteiger partial charge in [0.2, 0.25) is 0 Å². The zero-order valence-electron chi connectivity index (χ0n) is 16.9. The molecule has 1 atom stereocenters. The zero-order chi connectivity index (χ0) is 19.3. The van der Waals surface area contributed by atoms with E-state index in [0.29, 0.717) is 25.0 Å². The second kappa shape index (κ2) is 8.74. The summed E-state index contributed by atoms with van der Waals surface area (Å²) in [6.07, 6.45) is 3.21. The summed E-state index contributed by atoms with van der Waals surface area (Å²) >= 11 is 0. The molecule has 2 aromatic rings. The van der Waals surface area contributed by atoms with Gasteiger partial charge in [0, 0.05) is 19.6 Å². The summed E-state index contributed by atoms with van der Waals surface area (Å²) in [5.74, 6) is 3.88. The average Bonchev–Trinajstić information content (AvgIpc) is 3.05. The number of ether oxygens (including phenoxy) is 3. The summed E-state index contributed by atoms with van der Waals surface area (Å²) in [6.45, 7) is 11.1. The van der Waals surface area contributed by atoms with Crippen LogP contribution in [0, 0.1) is 5.92 Å². The topological polar surface area (TPSA) is 58.4 Å². The summed E-state index contributed by atoms with van der Waals surface area (Å²) in [6, 6.07) is 7.64. The van der Waals surface area contributed by atoms with Gasteiger partial charge in [0.1, 0.15) is 23.9 Å². The van der Waals surface area contributed by atoms with Crippen molar-refractivity contribution in [1.82, 2.24) is 14.8 Å². The minimum atomic E-state index is -0.116. The first-order valence-electron chi connectivity index (χ1n) is 9.84. The standard InChI is InChI=1S/C21H31N3O3/c1-5-26-17-8-10-18(11-9-17)27-15-19-22-20(24(23-19)21(2,3)4)13-16-7-6-12-25-14-16/h8-11,16H,5-7,12-15H2,1-4H3/t16-/m0/s1. The highest BCUT2D eigenvalue weighted by Crippen LogP contribution is 2.23. The van der Waals surface area contributed by atoms with Gasteiger partial charge in [-0.25, -0.2) is 9.67 Å². The van der Waals surface area contributed by atoms with Crippen LogP contribution >= 0.6 is 0 Å². The predicted octanol–water partition coefficient (Wildman–Crippen LogP) is 3.98. The smallest absolute Gasteiger partial charge is 0.188 e. The van der Waals surface area contributed by atoms with Crippen molar-refractivity contribution in [2.24, 2.45) is 5.92 Å². The Kier molecular flexibility index (Phi) is 6.37. The predicted molar refractivity (Wildman–Crippen MR) is 104 cm³/mol. The Morgan fingerprint density at radius 2 is 1.85 bits per heavy atom. The fourth-order valence-electron chi connectivity index (χ4n) is 3.30. The number of rotatable bonds is 7. The van der Waals surface area contributed by atoms with Gasteiger partial charge in [-0.2, -0.15) is 5.10 Å². The van der Waals surface area contributed by atoms with Crippen molar-refractivity contribution >= 4 is 0 Å². The van der Waals surface area contributed by atoms with Crippen molar-refractivity contribution in [2.75, 3.05) is 19.8 Å². The van der Waals surface area contributed by atoms with E-state index in [1.54, 1.807) is 0 Å². The van der Waals surface area contributed by atoms with Crippen molar-refractivity contribution < 1.29 is 14.2 Å². The second-order valence-electron chi connectivity index (χ2n) is 8.01. The van der Waals surface area contributed by atoms with Gasteiger partial charge in [-0.05, 0) is 70.7 Å². The first-order valence-corrected chi connectivity index (χ1v) is 9.84. The van der Waals surface area contributed by atoms with Crippen LogP contribution in [0.2, 0.25) is 0 Å². The molecule has 0 spiro atoms. The maximum atomic E-state index is 5.88. The largest absolute Gasteiger partial charge is 0.494 e. The molecule has 0 N–H and O–H groups in total. The van der Waals surface area contributed by atoms with E-state index in [1.807, 2.05) is 35.9 Å². The van der Waals surface area contributed by atoms with Crippen molar-refractivity contribution in [2.45, 2.75) is 59.1 Å². The highest BCUT2D eigenvalue weighted by atomic mass is 16.5. The Labute approximate surface area is 161 Å². The lowest BCUT2D eigenvalue weighted by molar-refractivity contribution is 0.0534. The molecule has 3 rings (SSSR count). The molecule has 1 aliphatic heterocycles. The van der Waals surface area contributed by atoms with E-state index in [1.165, 1.54) is 6.42 Å². The molecule has 6 heteroatoms. The van der Waals surface area contributed by atoms with E-state index < -0.39 is 0 Å². The van der Waals surface area contributed by atoms with Gasteiger partial charge in [-0.1, -0.05) is 0 Å². The Balaban J connectivity index is 1.67. The van der Waals surface area contributed by atoms with E-state index in [-0.39, 0.29) is 5.54 Å². The highest BCUT2D eigenvalue weighted by molar-refractivity contribution is 5.31. The Bertz CT molecular complexity index is 713. The van der Waals surface area contributed by atoms with Crippen LogP contribution in [0.25, 0.3) is 0 Å². The highest BCUT2D eigenvalue weighted by Gasteiger charge is 2.24. The number of benzene rings is 1. The van der Waals surface area contributed by atoms with E-state index in [0.717, 1.165) is 43.4 Å². The number of hydrogen-bond acceptors (Lipinski definition) is 5. The van der Waals surface area contributed by atoms with Crippen molar-refractivity contribution in [3.63, 3.8) is 0 Å². The third-order valence-electron chi connectivity index (χ3n) is 4.58. The van der Waals surface area contributed by atoms with Crippen molar-refractivity contribution in [3.8, 4) is 11.5 Å². The van der Waals surface area contributed by atoms with Gasteiger partial charge in [0.05, 0.1) is 12.1 Å². The molecule has 0 aliphatic carbocycles. The number of hydrogen-bond donors (Lipinski definition) is 0. The van der Waals surface area contributed by atoms with Crippen LogP contribution in [0.4, 0.5) is 0 Å². The fraction of sp³-hybridized carbons (Fsp3) is 0.619. The van der Waals surface area contributed by atoms with Crippen LogP contribution in [0.15, 0.2) is 24.3 Å². The molecular formula is C21H31N3O3. The Morgan fingerprint density at radius 1 is 1.15 bits per heavy atom. The lowest BCUT2D eigenvalue weighted by Crippen LogP contribution is -2.28. The van der Waals surface area contributed by atoms with Gasteiger partial charge in [0.15, 0.2) is 5.82 Å². The van der Waals surface area contributed by atoms with Crippen LogP contribution in [0.1, 0.15) is 52.2 Å². The summed E-state index contributed by atoms with van der Waals surface area (Å²) in [5.41, 5.74) is -0.116. The summed E-state index contributed by atoms with van der Waals surface area (Å²) in [5, 5.41) is 4.72. The quantitative estimate of drug-likeness (QED) is 0.735.